The third-order valence-corrected chi connectivity index (χ3v) is 3.45. The third-order valence-electron chi connectivity index (χ3n) is 2.95. The summed E-state index contributed by atoms with van der Waals surface area (Å²) in [5, 5.41) is 15.1. The van der Waals surface area contributed by atoms with Crippen molar-refractivity contribution >= 4 is 27.5 Å². The van der Waals surface area contributed by atoms with Gasteiger partial charge in [0.2, 0.25) is 5.91 Å². The van der Waals surface area contributed by atoms with Crippen LogP contribution in [0.15, 0.2) is 22.7 Å². The molecule has 0 unspecified atom stereocenters. The van der Waals surface area contributed by atoms with Crippen LogP contribution in [0.1, 0.15) is 5.56 Å². The van der Waals surface area contributed by atoms with E-state index in [0.717, 1.165) is 30.7 Å². The number of carbonyl (C=O) groups excluding carboxylic acids is 1. The highest BCUT2D eigenvalue weighted by molar-refractivity contribution is 9.10. The smallest absolute Gasteiger partial charge is 0.238 e. The lowest BCUT2D eigenvalue weighted by Crippen LogP contribution is -2.46. The van der Waals surface area contributed by atoms with Crippen molar-refractivity contribution in [2.45, 2.75) is 0 Å². The van der Waals surface area contributed by atoms with Crippen LogP contribution in [0, 0.1) is 11.3 Å². The molecule has 1 fully saturated rings. The Hall–Kier alpha value is -1.42. The largest absolute Gasteiger partial charge is 0.324 e. The summed E-state index contributed by atoms with van der Waals surface area (Å²) in [5.74, 6) is -0.0827. The van der Waals surface area contributed by atoms with Crippen LogP contribution in [0.2, 0.25) is 0 Å². The fourth-order valence-electron chi connectivity index (χ4n) is 1.98. The van der Waals surface area contributed by atoms with E-state index in [0.29, 0.717) is 17.8 Å². The number of hydrogen-bond donors (Lipinski definition) is 2. The second-order valence-electron chi connectivity index (χ2n) is 4.38. The van der Waals surface area contributed by atoms with Crippen molar-refractivity contribution in [1.29, 1.82) is 5.26 Å². The fraction of sp³-hybridized carbons (Fsp3) is 0.385. The normalized spacial score (nSPS) is 15.8. The molecule has 5 nitrogen and oxygen atoms in total. The lowest BCUT2D eigenvalue weighted by Gasteiger charge is -2.26. The van der Waals surface area contributed by atoms with E-state index in [9.17, 15) is 4.79 Å². The van der Waals surface area contributed by atoms with E-state index in [4.69, 9.17) is 5.26 Å². The molecule has 1 aliphatic rings. The van der Waals surface area contributed by atoms with Crippen LogP contribution in [0.3, 0.4) is 0 Å². The first-order chi connectivity index (χ1) is 9.19. The van der Waals surface area contributed by atoms with Gasteiger partial charge in [-0.05, 0) is 18.2 Å². The van der Waals surface area contributed by atoms with Gasteiger partial charge in [-0.2, -0.15) is 5.26 Å². The predicted octanol–water partition coefficient (Wildman–Crippen LogP) is 1.16. The van der Waals surface area contributed by atoms with Crippen molar-refractivity contribution in [3.63, 3.8) is 0 Å². The zero-order chi connectivity index (χ0) is 13.7. The zero-order valence-electron chi connectivity index (χ0n) is 10.4. The summed E-state index contributed by atoms with van der Waals surface area (Å²) in [5.41, 5.74) is 1.02. The maximum Gasteiger partial charge on any atom is 0.238 e. The number of carbonyl (C=O) groups is 1. The van der Waals surface area contributed by atoms with Crippen LogP contribution in [-0.4, -0.2) is 43.5 Å². The van der Waals surface area contributed by atoms with E-state index in [-0.39, 0.29) is 5.91 Å². The summed E-state index contributed by atoms with van der Waals surface area (Å²) in [6, 6.07) is 7.31. The molecule has 0 aliphatic carbocycles. The van der Waals surface area contributed by atoms with Crippen molar-refractivity contribution in [3.8, 4) is 6.07 Å². The van der Waals surface area contributed by atoms with Gasteiger partial charge in [-0.3, -0.25) is 9.69 Å². The van der Waals surface area contributed by atoms with Gasteiger partial charge in [0.15, 0.2) is 0 Å². The van der Waals surface area contributed by atoms with Gasteiger partial charge in [0, 0.05) is 30.7 Å². The lowest BCUT2D eigenvalue weighted by atomic mass is 10.2. The fourth-order valence-corrected chi connectivity index (χ4v) is 2.34. The minimum atomic E-state index is -0.0827. The van der Waals surface area contributed by atoms with Crippen molar-refractivity contribution in [3.05, 3.63) is 28.2 Å². The molecule has 2 rings (SSSR count). The first-order valence-electron chi connectivity index (χ1n) is 6.11. The van der Waals surface area contributed by atoms with Crippen LogP contribution in [-0.2, 0) is 4.79 Å². The molecule has 0 aromatic heterocycles. The summed E-state index contributed by atoms with van der Waals surface area (Å²) < 4.78 is 0.823. The topological polar surface area (TPSA) is 68.2 Å². The Labute approximate surface area is 120 Å². The molecule has 0 saturated carbocycles. The second-order valence-corrected chi connectivity index (χ2v) is 5.29. The Balaban J connectivity index is 1.97. The molecule has 0 bridgehead atoms. The Morgan fingerprint density at radius 1 is 1.47 bits per heavy atom. The average molecular weight is 323 g/mol. The van der Waals surface area contributed by atoms with Gasteiger partial charge in [0.05, 0.1) is 17.8 Å². The standard InChI is InChI=1S/C13H15BrN4O/c14-11-1-2-12(10(7-11)8-15)17-13(19)9-18-5-3-16-4-6-18/h1-2,7,16H,3-6,9H2,(H,17,19). The van der Waals surface area contributed by atoms with E-state index in [1.54, 1.807) is 18.2 Å². The van der Waals surface area contributed by atoms with Crippen molar-refractivity contribution in [1.82, 2.24) is 10.2 Å². The van der Waals surface area contributed by atoms with Crippen LogP contribution < -0.4 is 10.6 Å². The monoisotopic (exact) mass is 322 g/mol. The van der Waals surface area contributed by atoms with Gasteiger partial charge >= 0.3 is 0 Å². The number of amides is 1. The minimum Gasteiger partial charge on any atom is -0.324 e. The van der Waals surface area contributed by atoms with Crippen LogP contribution in [0.4, 0.5) is 5.69 Å². The number of piperazine rings is 1. The molecule has 1 heterocycles. The maximum absolute atomic E-state index is 11.9. The Morgan fingerprint density at radius 3 is 2.89 bits per heavy atom. The van der Waals surface area contributed by atoms with Gasteiger partial charge in [0.1, 0.15) is 6.07 Å². The number of anilines is 1. The molecule has 19 heavy (non-hydrogen) atoms. The highest BCUT2D eigenvalue weighted by Crippen LogP contribution is 2.20. The van der Waals surface area contributed by atoms with Gasteiger partial charge in [-0.1, -0.05) is 15.9 Å². The number of nitriles is 1. The maximum atomic E-state index is 11.9. The molecule has 1 amide bonds. The van der Waals surface area contributed by atoms with Crippen LogP contribution in [0.25, 0.3) is 0 Å². The Kier molecular flexibility index (Phi) is 4.91. The molecule has 6 heteroatoms. The molecule has 100 valence electrons. The first-order valence-corrected chi connectivity index (χ1v) is 6.91. The number of benzene rings is 1. The van der Waals surface area contributed by atoms with Crippen molar-refractivity contribution in [2.75, 3.05) is 38.0 Å². The molecule has 0 spiro atoms. The summed E-state index contributed by atoms with van der Waals surface area (Å²) >= 11 is 3.30. The van der Waals surface area contributed by atoms with E-state index in [2.05, 4.69) is 37.5 Å². The molecular weight excluding hydrogens is 308 g/mol. The molecule has 1 aromatic rings. The molecule has 1 aliphatic heterocycles. The van der Waals surface area contributed by atoms with E-state index in [1.807, 2.05) is 0 Å². The quantitative estimate of drug-likeness (QED) is 0.876. The van der Waals surface area contributed by atoms with Crippen molar-refractivity contribution in [2.24, 2.45) is 0 Å². The highest BCUT2D eigenvalue weighted by atomic mass is 79.9. The average Bonchev–Trinajstić information content (AvgIpc) is 2.42. The predicted molar refractivity (Wildman–Crippen MR) is 76.8 cm³/mol. The molecule has 2 N–H and O–H groups in total. The Morgan fingerprint density at radius 2 is 2.21 bits per heavy atom. The van der Waals surface area contributed by atoms with E-state index < -0.39 is 0 Å². The van der Waals surface area contributed by atoms with E-state index >= 15 is 0 Å². The van der Waals surface area contributed by atoms with Gasteiger partial charge < -0.3 is 10.6 Å². The highest BCUT2D eigenvalue weighted by Gasteiger charge is 2.14. The minimum absolute atomic E-state index is 0.0827. The summed E-state index contributed by atoms with van der Waals surface area (Å²) in [7, 11) is 0. The molecule has 0 radical (unpaired) electrons. The summed E-state index contributed by atoms with van der Waals surface area (Å²) in [6.07, 6.45) is 0. The van der Waals surface area contributed by atoms with Gasteiger partial charge in [-0.15, -0.1) is 0 Å². The van der Waals surface area contributed by atoms with Gasteiger partial charge in [-0.25, -0.2) is 0 Å². The summed E-state index contributed by atoms with van der Waals surface area (Å²) in [6.45, 7) is 3.93. The second kappa shape index (κ2) is 6.66. The van der Waals surface area contributed by atoms with Crippen molar-refractivity contribution < 1.29 is 4.79 Å². The molecule has 1 aromatic carbocycles. The summed E-state index contributed by atoms with van der Waals surface area (Å²) in [4.78, 5) is 14.0. The zero-order valence-corrected chi connectivity index (χ0v) is 12.0. The number of nitrogens with one attached hydrogen (secondary N) is 2. The first kappa shape index (κ1) is 14.0. The van der Waals surface area contributed by atoms with Crippen LogP contribution >= 0.6 is 15.9 Å². The third kappa shape index (κ3) is 4.03. The lowest BCUT2D eigenvalue weighted by molar-refractivity contribution is -0.117. The number of halogens is 1. The number of hydrogen-bond acceptors (Lipinski definition) is 4. The van der Waals surface area contributed by atoms with E-state index in [1.165, 1.54) is 0 Å². The number of nitrogens with zero attached hydrogens (tertiary/aromatic N) is 2. The number of rotatable bonds is 3. The molecule has 1 saturated heterocycles. The van der Waals surface area contributed by atoms with Crippen LogP contribution in [0.5, 0.6) is 0 Å². The molecular formula is C13H15BrN4O. The molecule has 0 atom stereocenters. The SMILES string of the molecule is N#Cc1cc(Br)ccc1NC(=O)CN1CCNCC1. The van der Waals surface area contributed by atoms with Gasteiger partial charge in [0.25, 0.3) is 0 Å². The Bertz CT molecular complexity index is 506.